The molecule has 1 saturated heterocycles. The van der Waals surface area contributed by atoms with Crippen molar-refractivity contribution >= 4 is 21.6 Å². The monoisotopic (exact) mass is 341 g/mol. The fraction of sp³-hybridized carbons (Fsp3) is 0.600. The zero-order valence-electron chi connectivity index (χ0n) is 12.1. The standard InChI is InChI=1S/C15H24BrN3O/c1-12(17)14-4-3-13(11-15(14)16)19-6-2-5-18(7-8-19)9-10-20/h3-4,11-12,20H,2,5-10,17H2,1H3. The molecule has 0 bridgehead atoms. The Hall–Kier alpha value is -0.620. The maximum absolute atomic E-state index is 9.04. The van der Waals surface area contributed by atoms with Gasteiger partial charge in [0.2, 0.25) is 0 Å². The molecule has 1 fully saturated rings. The zero-order chi connectivity index (χ0) is 14.5. The van der Waals surface area contributed by atoms with Crippen LogP contribution in [0.4, 0.5) is 5.69 Å². The summed E-state index contributed by atoms with van der Waals surface area (Å²) in [4.78, 5) is 4.73. The minimum absolute atomic E-state index is 0.0441. The molecule has 1 aromatic rings. The van der Waals surface area contributed by atoms with E-state index in [2.05, 4.69) is 43.9 Å². The number of nitrogens with zero attached hydrogens (tertiary/aromatic N) is 2. The Morgan fingerprint density at radius 3 is 2.75 bits per heavy atom. The summed E-state index contributed by atoms with van der Waals surface area (Å²) in [6.45, 7) is 7.16. The van der Waals surface area contributed by atoms with Crippen molar-refractivity contribution in [2.45, 2.75) is 19.4 Å². The maximum Gasteiger partial charge on any atom is 0.0558 e. The number of rotatable bonds is 4. The molecule has 0 amide bonds. The van der Waals surface area contributed by atoms with Crippen molar-refractivity contribution in [1.82, 2.24) is 4.90 Å². The van der Waals surface area contributed by atoms with Crippen molar-refractivity contribution in [3.8, 4) is 0 Å². The van der Waals surface area contributed by atoms with Crippen LogP contribution in [0, 0.1) is 0 Å². The van der Waals surface area contributed by atoms with Gasteiger partial charge in [-0.3, -0.25) is 4.90 Å². The van der Waals surface area contributed by atoms with Crippen molar-refractivity contribution in [2.24, 2.45) is 5.73 Å². The molecule has 0 aromatic heterocycles. The zero-order valence-corrected chi connectivity index (χ0v) is 13.6. The van der Waals surface area contributed by atoms with Gasteiger partial charge in [-0.1, -0.05) is 22.0 Å². The van der Waals surface area contributed by atoms with Crippen LogP contribution in [-0.4, -0.2) is 49.3 Å². The van der Waals surface area contributed by atoms with E-state index in [1.54, 1.807) is 0 Å². The Morgan fingerprint density at radius 1 is 1.30 bits per heavy atom. The van der Waals surface area contributed by atoms with E-state index in [0.717, 1.165) is 49.2 Å². The first-order chi connectivity index (χ1) is 9.61. The van der Waals surface area contributed by atoms with Crippen molar-refractivity contribution in [3.63, 3.8) is 0 Å². The van der Waals surface area contributed by atoms with Crippen LogP contribution < -0.4 is 10.6 Å². The second-order valence-corrected chi connectivity index (χ2v) is 6.25. The highest BCUT2D eigenvalue weighted by atomic mass is 79.9. The van der Waals surface area contributed by atoms with E-state index in [1.807, 2.05) is 6.92 Å². The Bertz CT molecular complexity index is 439. The van der Waals surface area contributed by atoms with Gasteiger partial charge in [-0.15, -0.1) is 0 Å². The SMILES string of the molecule is CC(N)c1ccc(N2CCCN(CCO)CC2)cc1Br. The third-order valence-corrected chi connectivity index (χ3v) is 4.53. The molecule has 1 aliphatic heterocycles. The highest BCUT2D eigenvalue weighted by Crippen LogP contribution is 2.28. The summed E-state index contributed by atoms with van der Waals surface area (Å²) in [7, 11) is 0. The summed E-state index contributed by atoms with van der Waals surface area (Å²) in [5, 5.41) is 9.04. The normalized spacial score (nSPS) is 18.9. The molecule has 4 nitrogen and oxygen atoms in total. The molecule has 1 aliphatic rings. The highest BCUT2D eigenvalue weighted by Gasteiger charge is 2.16. The number of halogens is 1. The fourth-order valence-electron chi connectivity index (χ4n) is 2.68. The molecule has 0 aliphatic carbocycles. The van der Waals surface area contributed by atoms with Crippen LogP contribution in [0.5, 0.6) is 0 Å². The fourth-order valence-corrected chi connectivity index (χ4v) is 3.40. The van der Waals surface area contributed by atoms with Crippen LogP contribution in [-0.2, 0) is 0 Å². The van der Waals surface area contributed by atoms with Gasteiger partial charge in [0.15, 0.2) is 0 Å². The number of anilines is 1. The first-order valence-electron chi connectivity index (χ1n) is 7.25. The third-order valence-electron chi connectivity index (χ3n) is 3.84. The minimum Gasteiger partial charge on any atom is -0.395 e. The van der Waals surface area contributed by atoms with Crippen LogP contribution in [0.1, 0.15) is 24.9 Å². The largest absolute Gasteiger partial charge is 0.395 e. The highest BCUT2D eigenvalue weighted by molar-refractivity contribution is 9.10. The molecule has 20 heavy (non-hydrogen) atoms. The summed E-state index contributed by atoms with van der Waals surface area (Å²) in [6.07, 6.45) is 1.13. The van der Waals surface area contributed by atoms with Gasteiger partial charge in [0.1, 0.15) is 0 Å². The number of aliphatic hydroxyl groups is 1. The van der Waals surface area contributed by atoms with Crippen LogP contribution in [0.25, 0.3) is 0 Å². The molecule has 112 valence electrons. The molecule has 3 N–H and O–H groups in total. The predicted molar refractivity (Wildman–Crippen MR) is 87.1 cm³/mol. The average Bonchev–Trinajstić information content (AvgIpc) is 2.64. The topological polar surface area (TPSA) is 52.7 Å². The van der Waals surface area contributed by atoms with E-state index in [1.165, 1.54) is 5.69 Å². The van der Waals surface area contributed by atoms with E-state index in [4.69, 9.17) is 10.8 Å². The van der Waals surface area contributed by atoms with E-state index in [0.29, 0.717) is 0 Å². The Balaban J connectivity index is 2.06. The van der Waals surface area contributed by atoms with Gasteiger partial charge in [0.05, 0.1) is 6.61 Å². The Labute approximate surface area is 129 Å². The van der Waals surface area contributed by atoms with Crippen molar-refractivity contribution in [3.05, 3.63) is 28.2 Å². The van der Waals surface area contributed by atoms with Crippen LogP contribution in [0.3, 0.4) is 0 Å². The lowest BCUT2D eigenvalue weighted by atomic mass is 10.1. The van der Waals surface area contributed by atoms with Gasteiger partial charge in [-0.2, -0.15) is 0 Å². The van der Waals surface area contributed by atoms with Gasteiger partial charge in [0.25, 0.3) is 0 Å². The summed E-state index contributed by atoms with van der Waals surface area (Å²) in [5.74, 6) is 0. The number of aliphatic hydroxyl groups excluding tert-OH is 1. The van der Waals surface area contributed by atoms with Crippen LogP contribution >= 0.6 is 15.9 Å². The van der Waals surface area contributed by atoms with E-state index in [9.17, 15) is 0 Å². The summed E-state index contributed by atoms with van der Waals surface area (Å²) < 4.78 is 1.08. The number of benzene rings is 1. The van der Waals surface area contributed by atoms with E-state index in [-0.39, 0.29) is 12.6 Å². The first kappa shape index (κ1) is 15.8. The van der Waals surface area contributed by atoms with E-state index >= 15 is 0 Å². The molecule has 2 rings (SSSR count). The maximum atomic E-state index is 9.04. The van der Waals surface area contributed by atoms with Crippen LogP contribution in [0.2, 0.25) is 0 Å². The van der Waals surface area contributed by atoms with Crippen molar-refractivity contribution in [2.75, 3.05) is 44.2 Å². The molecular weight excluding hydrogens is 318 g/mol. The minimum atomic E-state index is 0.0441. The smallest absolute Gasteiger partial charge is 0.0558 e. The van der Waals surface area contributed by atoms with Gasteiger partial charge >= 0.3 is 0 Å². The molecule has 1 unspecified atom stereocenters. The predicted octanol–water partition coefficient (Wildman–Crippen LogP) is 1.97. The average molecular weight is 342 g/mol. The molecule has 1 heterocycles. The van der Waals surface area contributed by atoms with Gasteiger partial charge in [-0.25, -0.2) is 0 Å². The van der Waals surface area contributed by atoms with Crippen molar-refractivity contribution < 1.29 is 5.11 Å². The second kappa shape index (κ2) is 7.41. The van der Waals surface area contributed by atoms with Gasteiger partial charge < -0.3 is 15.7 Å². The molecule has 5 heteroatoms. The molecular formula is C15H24BrN3O. The number of nitrogens with two attached hydrogens (primary N) is 1. The number of β-amino-alcohol motifs (C(OH)–C–C–N with tert-alkyl or cyclic N) is 1. The van der Waals surface area contributed by atoms with Crippen LogP contribution in [0.15, 0.2) is 22.7 Å². The molecule has 0 spiro atoms. The van der Waals surface area contributed by atoms with Gasteiger partial charge in [0, 0.05) is 42.4 Å². The second-order valence-electron chi connectivity index (χ2n) is 5.40. The Kier molecular flexibility index (Phi) is 5.84. The number of hydrogen-bond acceptors (Lipinski definition) is 4. The lowest BCUT2D eigenvalue weighted by Gasteiger charge is -2.24. The molecule has 0 saturated carbocycles. The molecule has 1 aromatic carbocycles. The van der Waals surface area contributed by atoms with Crippen molar-refractivity contribution in [1.29, 1.82) is 0 Å². The summed E-state index contributed by atoms with van der Waals surface area (Å²) in [5.41, 5.74) is 8.33. The first-order valence-corrected chi connectivity index (χ1v) is 8.04. The third kappa shape index (κ3) is 3.95. The lowest BCUT2D eigenvalue weighted by molar-refractivity contribution is 0.204. The molecule has 0 radical (unpaired) electrons. The summed E-state index contributed by atoms with van der Waals surface area (Å²) >= 11 is 3.62. The lowest BCUT2D eigenvalue weighted by Crippen LogP contribution is -2.32. The molecule has 1 atom stereocenters. The van der Waals surface area contributed by atoms with E-state index < -0.39 is 0 Å². The number of hydrogen-bond donors (Lipinski definition) is 2. The quantitative estimate of drug-likeness (QED) is 0.879. The Morgan fingerprint density at radius 2 is 2.10 bits per heavy atom. The summed E-state index contributed by atoms with van der Waals surface area (Å²) in [6, 6.07) is 6.48. The van der Waals surface area contributed by atoms with Gasteiger partial charge in [-0.05, 0) is 37.6 Å².